The summed E-state index contributed by atoms with van der Waals surface area (Å²) in [7, 11) is 0. The molecule has 0 unspecified atom stereocenters. The first kappa shape index (κ1) is 14.2. The van der Waals surface area contributed by atoms with Gasteiger partial charge in [-0.05, 0) is 25.5 Å². The van der Waals surface area contributed by atoms with E-state index in [1.807, 2.05) is 13.8 Å². The zero-order valence-electron chi connectivity index (χ0n) is 10.5. The van der Waals surface area contributed by atoms with Gasteiger partial charge in [-0.1, -0.05) is 19.1 Å². The summed E-state index contributed by atoms with van der Waals surface area (Å²) >= 11 is 0. The van der Waals surface area contributed by atoms with Crippen LogP contribution in [0.3, 0.4) is 0 Å². The van der Waals surface area contributed by atoms with Gasteiger partial charge in [0.1, 0.15) is 5.82 Å². The second-order valence-corrected chi connectivity index (χ2v) is 4.04. The van der Waals surface area contributed by atoms with Gasteiger partial charge in [0.05, 0.1) is 12.1 Å². The Morgan fingerprint density at radius 1 is 1.33 bits per heavy atom. The highest BCUT2D eigenvalue weighted by Crippen LogP contribution is 2.05. The van der Waals surface area contributed by atoms with Crippen molar-refractivity contribution in [2.75, 3.05) is 6.54 Å². The van der Waals surface area contributed by atoms with Crippen LogP contribution in [-0.2, 0) is 4.79 Å². The Labute approximate surface area is 106 Å². The molecule has 1 aromatic rings. The molecule has 0 aromatic heterocycles. The van der Waals surface area contributed by atoms with Gasteiger partial charge in [0.15, 0.2) is 0 Å². The number of nitrogens with one attached hydrogen (secondary N) is 2. The summed E-state index contributed by atoms with van der Waals surface area (Å²) in [5, 5.41) is 5.08. The number of carbonyl (C=O) groups is 2. The van der Waals surface area contributed by atoms with E-state index in [0.29, 0.717) is 0 Å². The quantitative estimate of drug-likeness (QED) is 0.833. The van der Waals surface area contributed by atoms with Crippen LogP contribution in [0.4, 0.5) is 4.39 Å². The zero-order chi connectivity index (χ0) is 13.5. The van der Waals surface area contributed by atoms with Crippen LogP contribution in [-0.4, -0.2) is 24.4 Å². The molecule has 0 bridgehead atoms. The third-order valence-electron chi connectivity index (χ3n) is 2.55. The molecular weight excluding hydrogens is 235 g/mol. The Kier molecular flexibility index (Phi) is 5.30. The van der Waals surface area contributed by atoms with Gasteiger partial charge >= 0.3 is 0 Å². The summed E-state index contributed by atoms with van der Waals surface area (Å²) in [6, 6.07) is 5.70. The SMILES string of the molecule is CC[C@@H](C)NC(=O)CNC(=O)c1ccccc1F. The molecule has 0 saturated carbocycles. The monoisotopic (exact) mass is 252 g/mol. The lowest BCUT2D eigenvalue weighted by atomic mass is 10.2. The topological polar surface area (TPSA) is 58.2 Å². The molecule has 0 fully saturated rings. The number of hydrogen-bond donors (Lipinski definition) is 2. The number of carbonyl (C=O) groups excluding carboxylic acids is 2. The van der Waals surface area contributed by atoms with Crippen LogP contribution in [0.1, 0.15) is 30.6 Å². The van der Waals surface area contributed by atoms with E-state index in [2.05, 4.69) is 10.6 Å². The average molecular weight is 252 g/mol. The second kappa shape index (κ2) is 6.74. The fourth-order valence-corrected chi connectivity index (χ4v) is 1.33. The van der Waals surface area contributed by atoms with Crippen LogP contribution in [0.25, 0.3) is 0 Å². The molecule has 1 rings (SSSR count). The van der Waals surface area contributed by atoms with Crippen LogP contribution in [0, 0.1) is 5.82 Å². The van der Waals surface area contributed by atoms with Crippen LogP contribution >= 0.6 is 0 Å². The van der Waals surface area contributed by atoms with Crippen LogP contribution in [0.2, 0.25) is 0 Å². The third-order valence-corrected chi connectivity index (χ3v) is 2.55. The van der Waals surface area contributed by atoms with Crippen LogP contribution < -0.4 is 10.6 Å². The van der Waals surface area contributed by atoms with Crippen molar-refractivity contribution in [3.05, 3.63) is 35.6 Å². The van der Waals surface area contributed by atoms with Gasteiger partial charge in [0.25, 0.3) is 5.91 Å². The average Bonchev–Trinajstić information content (AvgIpc) is 2.36. The molecule has 1 aromatic carbocycles. The lowest BCUT2D eigenvalue weighted by Gasteiger charge is -2.11. The molecule has 0 radical (unpaired) electrons. The lowest BCUT2D eigenvalue weighted by molar-refractivity contribution is -0.120. The molecule has 18 heavy (non-hydrogen) atoms. The number of rotatable bonds is 5. The maximum Gasteiger partial charge on any atom is 0.254 e. The first-order valence-electron chi connectivity index (χ1n) is 5.86. The second-order valence-electron chi connectivity index (χ2n) is 4.04. The van der Waals surface area contributed by atoms with Crippen LogP contribution in [0.5, 0.6) is 0 Å². The molecule has 1 atom stereocenters. The molecule has 2 N–H and O–H groups in total. The van der Waals surface area contributed by atoms with Crippen molar-refractivity contribution >= 4 is 11.8 Å². The highest BCUT2D eigenvalue weighted by Gasteiger charge is 2.12. The molecule has 0 aliphatic rings. The minimum atomic E-state index is -0.600. The van der Waals surface area contributed by atoms with E-state index in [9.17, 15) is 14.0 Å². The molecule has 2 amide bonds. The summed E-state index contributed by atoms with van der Waals surface area (Å²) in [4.78, 5) is 23.0. The van der Waals surface area contributed by atoms with Gasteiger partial charge in [0, 0.05) is 6.04 Å². The van der Waals surface area contributed by atoms with E-state index < -0.39 is 11.7 Å². The number of benzene rings is 1. The molecule has 5 heteroatoms. The molecule has 0 aliphatic carbocycles. The number of halogens is 1. The van der Waals surface area contributed by atoms with Crippen molar-refractivity contribution < 1.29 is 14.0 Å². The molecule has 0 saturated heterocycles. The zero-order valence-corrected chi connectivity index (χ0v) is 10.5. The fraction of sp³-hybridized carbons (Fsp3) is 0.385. The van der Waals surface area contributed by atoms with Gasteiger partial charge < -0.3 is 10.6 Å². The fourth-order valence-electron chi connectivity index (χ4n) is 1.33. The largest absolute Gasteiger partial charge is 0.352 e. The van der Waals surface area contributed by atoms with E-state index in [-0.39, 0.29) is 24.1 Å². The normalized spacial score (nSPS) is 11.7. The Hall–Kier alpha value is -1.91. The molecule has 4 nitrogen and oxygen atoms in total. The summed E-state index contributed by atoms with van der Waals surface area (Å²) in [5.74, 6) is -1.47. The Morgan fingerprint density at radius 3 is 2.61 bits per heavy atom. The van der Waals surface area contributed by atoms with Crippen molar-refractivity contribution in [3.8, 4) is 0 Å². The van der Waals surface area contributed by atoms with Gasteiger partial charge in [-0.2, -0.15) is 0 Å². The van der Waals surface area contributed by atoms with E-state index in [0.717, 1.165) is 6.42 Å². The minimum absolute atomic E-state index is 0.0582. The maximum atomic E-state index is 13.3. The van der Waals surface area contributed by atoms with E-state index in [4.69, 9.17) is 0 Å². The van der Waals surface area contributed by atoms with E-state index in [1.165, 1.54) is 18.2 Å². The van der Waals surface area contributed by atoms with Crippen molar-refractivity contribution in [2.45, 2.75) is 26.3 Å². The summed E-state index contributed by atoms with van der Waals surface area (Å²) in [6.45, 7) is 3.66. The van der Waals surface area contributed by atoms with Gasteiger partial charge in [-0.3, -0.25) is 9.59 Å². The third kappa shape index (κ3) is 4.16. The minimum Gasteiger partial charge on any atom is -0.352 e. The maximum absolute atomic E-state index is 13.3. The number of hydrogen-bond acceptors (Lipinski definition) is 2. The van der Waals surface area contributed by atoms with Crippen molar-refractivity contribution in [3.63, 3.8) is 0 Å². The standard InChI is InChI=1S/C13H17FN2O2/c1-3-9(2)16-12(17)8-15-13(18)10-6-4-5-7-11(10)14/h4-7,9H,3,8H2,1-2H3,(H,15,18)(H,16,17)/t9-/m1/s1. The molecule has 98 valence electrons. The predicted molar refractivity (Wildman–Crippen MR) is 66.6 cm³/mol. The van der Waals surface area contributed by atoms with Crippen LogP contribution in [0.15, 0.2) is 24.3 Å². The van der Waals surface area contributed by atoms with Crippen molar-refractivity contribution in [1.82, 2.24) is 10.6 Å². The first-order valence-corrected chi connectivity index (χ1v) is 5.86. The molecule has 0 spiro atoms. The predicted octanol–water partition coefficient (Wildman–Crippen LogP) is 1.47. The van der Waals surface area contributed by atoms with Gasteiger partial charge in [0.2, 0.25) is 5.91 Å². The molecule has 0 heterocycles. The highest BCUT2D eigenvalue weighted by atomic mass is 19.1. The van der Waals surface area contributed by atoms with Gasteiger partial charge in [-0.25, -0.2) is 4.39 Å². The Morgan fingerprint density at radius 2 is 2.00 bits per heavy atom. The first-order chi connectivity index (χ1) is 8.54. The van der Waals surface area contributed by atoms with Crippen molar-refractivity contribution in [2.24, 2.45) is 0 Å². The van der Waals surface area contributed by atoms with E-state index in [1.54, 1.807) is 6.07 Å². The number of amides is 2. The smallest absolute Gasteiger partial charge is 0.254 e. The Bertz CT molecular complexity index is 435. The summed E-state index contributed by atoms with van der Waals surface area (Å²) < 4.78 is 13.3. The Balaban J connectivity index is 2.47. The highest BCUT2D eigenvalue weighted by molar-refractivity contribution is 5.96. The molecular formula is C13H17FN2O2. The van der Waals surface area contributed by atoms with Gasteiger partial charge in [-0.15, -0.1) is 0 Å². The lowest BCUT2D eigenvalue weighted by Crippen LogP contribution is -2.40. The molecule has 0 aliphatic heterocycles. The summed E-state index contributed by atoms with van der Waals surface area (Å²) in [5.41, 5.74) is -0.0613. The van der Waals surface area contributed by atoms with E-state index >= 15 is 0 Å². The van der Waals surface area contributed by atoms with Crippen molar-refractivity contribution in [1.29, 1.82) is 0 Å². The summed E-state index contributed by atoms with van der Waals surface area (Å²) in [6.07, 6.45) is 0.812.